The third-order valence-electron chi connectivity index (χ3n) is 4.52. The summed E-state index contributed by atoms with van der Waals surface area (Å²) < 4.78 is 33.2. The van der Waals surface area contributed by atoms with Crippen molar-refractivity contribution in [3.05, 3.63) is 22.2 Å². The Bertz CT molecular complexity index is 737. The Morgan fingerprint density at radius 2 is 2.12 bits per heavy atom. The molecule has 1 fully saturated rings. The van der Waals surface area contributed by atoms with Crippen molar-refractivity contribution >= 4 is 32.2 Å². The van der Waals surface area contributed by atoms with Crippen LogP contribution in [0, 0.1) is 0 Å². The minimum absolute atomic E-state index is 0.0235. The minimum Gasteiger partial charge on any atom is -0.504 e. The SMILES string of the molecule is CCCCS(=O)(=O)N[C@@H]1CCCC[C@H]1N=Cc1cc(Br)cc(OC)c1O. The molecule has 6 nitrogen and oxygen atoms in total. The Labute approximate surface area is 164 Å². The zero-order valence-corrected chi connectivity index (χ0v) is 17.6. The van der Waals surface area contributed by atoms with Crippen LogP contribution in [0.4, 0.5) is 0 Å². The predicted molar refractivity (Wildman–Crippen MR) is 108 cm³/mol. The van der Waals surface area contributed by atoms with E-state index in [-0.39, 0.29) is 23.6 Å². The fraction of sp³-hybridized carbons (Fsp3) is 0.611. The standard InChI is InChI=1S/C18H27BrN2O4S/c1-3-4-9-26(23,24)21-16-8-6-5-7-15(16)20-12-13-10-14(19)11-17(25-2)18(13)22/h10-12,15-16,21-22H,3-9H2,1-2H3/t15-,16-/m1/s1. The van der Waals surface area contributed by atoms with Gasteiger partial charge in [-0.2, -0.15) is 0 Å². The van der Waals surface area contributed by atoms with Gasteiger partial charge in [-0.1, -0.05) is 42.1 Å². The Kier molecular flexibility index (Phi) is 7.91. The summed E-state index contributed by atoms with van der Waals surface area (Å²) in [4.78, 5) is 4.59. The summed E-state index contributed by atoms with van der Waals surface area (Å²) in [6.45, 7) is 1.97. The molecule has 1 aromatic carbocycles. The van der Waals surface area contributed by atoms with Crippen LogP contribution in [0.5, 0.6) is 11.5 Å². The van der Waals surface area contributed by atoms with Gasteiger partial charge in [-0.15, -0.1) is 0 Å². The third-order valence-corrected chi connectivity index (χ3v) is 6.47. The minimum atomic E-state index is -3.29. The van der Waals surface area contributed by atoms with E-state index in [0.29, 0.717) is 17.7 Å². The van der Waals surface area contributed by atoms with Crippen LogP contribution in [0.15, 0.2) is 21.6 Å². The summed E-state index contributed by atoms with van der Waals surface area (Å²) in [7, 11) is -1.79. The molecule has 0 heterocycles. The Morgan fingerprint density at radius 1 is 1.38 bits per heavy atom. The molecule has 0 aliphatic heterocycles. The maximum atomic E-state index is 12.2. The number of unbranched alkanes of at least 4 members (excludes halogenated alkanes) is 1. The number of hydrogen-bond donors (Lipinski definition) is 2. The normalized spacial score (nSPS) is 21.2. The van der Waals surface area contributed by atoms with E-state index in [0.717, 1.165) is 36.6 Å². The number of benzene rings is 1. The molecule has 2 rings (SSSR count). The number of halogens is 1. The first-order valence-electron chi connectivity index (χ1n) is 8.96. The van der Waals surface area contributed by atoms with Crippen molar-refractivity contribution in [3.63, 3.8) is 0 Å². The smallest absolute Gasteiger partial charge is 0.211 e. The average molecular weight is 447 g/mol. The van der Waals surface area contributed by atoms with Crippen molar-refractivity contribution in [2.24, 2.45) is 4.99 Å². The van der Waals surface area contributed by atoms with E-state index in [9.17, 15) is 13.5 Å². The van der Waals surface area contributed by atoms with Crippen molar-refractivity contribution in [2.45, 2.75) is 57.5 Å². The van der Waals surface area contributed by atoms with Crippen molar-refractivity contribution < 1.29 is 18.3 Å². The average Bonchev–Trinajstić information content (AvgIpc) is 2.61. The summed E-state index contributed by atoms with van der Waals surface area (Å²) >= 11 is 3.39. The highest BCUT2D eigenvalue weighted by molar-refractivity contribution is 9.10. The lowest BCUT2D eigenvalue weighted by molar-refractivity contribution is 0.363. The predicted octanol–water partition coefficient (Wildman–Crippen LogP) is 3.61. The number of methoxy groups -OCH3 is 1. The first-order valence-corrected chi connectivity index (χ1v) is 11.4. The van der Waals surface area contributed by atoms with Gasteiger partial charge in [0.05, 0.1) is 18.9 Å². The molecule has 1 aliphatic rings. The lowest BCUT2D eigenvalue weighted by Gasteiger charge is -2.29. The number of rotatable bonds is 8. The number of ether oxygens (including phenoxy) is 1. The second-order valence-corrected chi connectivity index (χ2v) is 9.36. The molecule has 2 N–H and O–H groups in total. The van der Waals surface area contributed by atoms with Gasteiger partial charge in [0, 0.05) is 22.3 Å². The Balaban J connectivity index is 2.15. The van der Waals surface area contributed by atoms with Gasteiger partial charge >= 0.3 is 0 Å². The molecule has 1 aromatic rings. The van der Waals surface area contributed by atoms with E-state index in [1.165, 1.54) is 7.11 Å². The Morgan fingerprint density at radius 3 is 2.81 bits per heavy atom. The lowest BCUT2D eigenvalue weighted by atomic mass is 9.91. The van der Waals surface area contributed by atoms with Crippen molar-refractivity contribution in [1.29, 1.82) is 0 Å². The maximum Gasteiger partial charge on any atom is 0.211 e. The van der Waals surface area contributed by atoms with Gasteiger partial charge in [0.25, 0.3) is 0 Å². The van der Waals surface area contributed by atoms with Crippen LogP contribution in [0.1, 0.15) is 51.0 Å². The highest BCUT2D eigenvalue weighted by Crippen LogP contribution is 2.33. The molecule has 146 valence electrons. The first-order chi connectivity index (χ1) is 12.4. The summed E-state index contributed by atoms with van der Waals surface area (Å²) in [5.41, 5.74) is 0.536. The molecular formula is C18H27BrN2O4S. The molecule has 0 saturated heterocycles. The number of sulfonamides is 1. The summed E-state index contributed by atoms with van der Waals surface area (Å²) in [6, 6.07) is 3.10. The topological polar surface area (TPSA) is 88.0 Å². The molecule has 1 aliphatic carbocycles. The molecule has 0 unspecified atom stereocenters. The van der Waals surface area contributed by atoms with Gasteiger partial charge in [0.2, 0.25) is 10.0 Å². The van der Waals surface area contributed by atoms with E-state index in [1.807, 2.05) is 6.92 Å². The lowest BCUT2D eigenvalue weighted by Crippen LogP contribution is -2.45. The number of phenols is 1. The maximum absolute atomic E-state index is 12.2. The molecule has 2 atom stereocenters. The van der Waals surface area contributed by atoms with Crippen LogP contribution in [0.3, 0.4) is 0 Å². The van der Waals surface area contributed by atoms with E-state index in [1.54, 1.807) is 18.3 Å². The first kappa shape index (κ1) is 21.2. The fourth-order valence-electron chi connectivity index (χ4n) is 3.08. The van der Waals surface area contributed by atoms with Crippen molar-refractivity contribution in [3.8, 4) is 11.5 Å². The number of aromatic hydroxyl groups is 1. The van der Waals surface area contributed by atoms with Crippen molar-refractivity contribution in [2.75, 3.05) is 12.9 Å². The third kappa shape index (κ3) is 5.96. The quantitative estimate of drug-likeness (QED) is 0.596. The molecule has 26 heavy (non-hydrogen) atoms. The monoisotopic (exact) mass is 446 g/mol. The molecule has 0 bridgehead atoms. The van der Waals surface area contributed by atoms with Crippen molar-refractivity contribution in [1.82, 2.24) is 4.72 Å². The van der Waals surface area contributed by atoms with E-state index >= 15 is 0 Å². The molecule has 0 aromatic heterocycles. The molecule has 0 radical (unpaired) electrons. The van der Waals surface area contributed by atoms with E-state index in [2.05, 4.69) is 25.6 Å². The summed E-state index contributed by atoms with van der Waals surface area (Å²) in [5.74, 6) is 0.539. The summed E-state index contributed by atoms with van der Waals surface area (Å²) in [6.07, 6.45) is 6.71. The molecule has 8 heteroatoms. The van der Waals surface area contributed by atoms with Gasteiger partial charge in [0.15, 0.2) is 11.5 Å². The number of hydrogen-bond acceptors (Lipinski definition) is 5. The Hall–Kier alpha value is -1.12. The zero-order valence-electron chi connectivity index (χ0n) is 15.2. The van der Waals surface area contributed by atoms with Crippen LogP contribution >= 0.6 is 15.9 Å². The molecule has 1 saturated carbocycles. The van der Waals surface area contributed by atoms with E-state index in [4.69, 9.17) is 4.74 Å². The molecular weight excluding hydrogens is 420 g/mol. The van der Waals surface area contributed by atoms with Crippen LogP contribution in [-0.4, -0.2) is 44.7 Å². The van der Waals surface area contributed by atoms with Crippen LogP contribution in [-0.2, 0) is 10.0 Å². The van der Waals surface area contributed by atoms with Gasteiger partial charge in [-0.3, -0.25) is 4.99 Å². The van der Waals surface area contributed by atoms with Crippen LogP contribution in [0.25, 0.3) is 0 Å². The zero-order chi connectivity index (χ0) is 19.2. The highest BCUT2D eigenvalue weighted by Gasteiger charge is 2.28. The largest absolute Gasteiger partial charge is 0.504 e. The number of nitrogens with zero attached hydrogens (tertiary/aromatic N) is 1. The number of aliphatic imine (C=N–C) groups is 1. The number of nitrogens with one attached hydrogen (secondary N) is 1. The molecule has 0 amide bonds. The van der Waals surface area contributed by atoms with Gasteiger partial charge in [0.1, 0.15) is 0 Å². The fourth-order valence-corrected chi connectivity index (χ4v) is 5.05. The second kappa shape index (κ2) is 9.71. The summed E-state index contributed by atoms with van der Waals surface area (Å²) in [5, 5.41) is 10.2. The van der Waals surface area contributed by atoms with E-state index < -0.39 is 10.0 Å². The van der Waals surface area contributed by atoms with Crippen LogP contribution in [0.2, 0.25) is 0 Å². The highest BCUT2D eigenvalue weighted by atomic mass is 79.9. The van der Waals surface area contributed by atoms with Gasteiger partial charge in [-0.25, -0.2) is 13.1 Å². The van der Waals surface area contributed by atoms with Crippen LogP contribution < -0.4 is 9.46 Å². The van der Waals surface area contributed by atoms with Gasteiger partial charge < -0.3 is 9.84 Å². The van der Waals surface area contributed by atoms with Gasteiger partial charge in [-0.05, 0) is 31.4 Å². The molecule has 0 spiro atoms. The number of phenolic OH excluding ortho intramolecular Hbond substituents is 1. The second-order valence-electron chi connectivity index (χ2n) is 6.57.